The van der Waals surface area contributed by atoms with Gasteiger partial charge in [0.25, 0.3) is 17.4 Å². The number of thiophene rings is 1. The molecule has 0 aliphatic carbocycles. The number of pyridine rings is 1. The molecule has 0 spiro atoms. The van der Waals surface area contributed by atoms with E-state index in [2.05, 4.69) is 10.6 Å². The van der Waals surface area contributed by atoms with Crippen molar-refractivity contribution in [3.63, 3.8) is 0 Å². The number of nitrogens with zero attached hydrogens (tertiary/aromatic N) is 1. The van der Waals surface area contributed by atoms with Gasteiger partial charge >= 0.3 is 0 Å². The number of amides is 2. The van der Waals surface area contributed by atoms with Gasteiger partial charge in [0.1, 0.15) is 0 Å². The van der Waals surface area contributed by atoms with E-state index in [1.165, 1.54) is 28.2 Å². The number of benzene rings is 1. The number of hydrogen-bond donors (Lipinski definition) is 2. The fourth-order valence-corrected chi connectivity index (χ4v) is 2.79. The predicted octanol–water partition coefficient (Wildman–Crippen LogP) is 2.95. The standard InChI is InChI=1S/C18H15N3O3S/c1-21-8-7-12(10-16(21)22)17(23)19-13-4-2-5-14(11-13)20-18(24)15-6-3-9-25-15/h2-11H,1H3,(H,19,23)(H,20,24). The van der Waals surface area contributed by atoms with Gasteiger partial charge in [0, 0.05) is 36.2 Å². The van der Waals surface area contributed by atoms with Crippen LogP contribution in [0.15, 0.2) is 64.9 Å². The molecule has 7 heteroatoms. The lowest BCUT2D eigenvalue weighted by Crippen LogP contribution is -2.20. The first-order valence-corrected chi connectivity index (χ1v) is 8.34. The molecule has 2 heterocycles. The van der Waals surface area contributed by atoms with Crippen molar-refractivity contribution in [1.29, 1.82) is 0 Å². The third kappa shape index (κ3) is 4.02. The van der Waals surface area contributed by atoms with E-state index in [4.69, 9.17) is 0 Å². The molecule has 0 bridgehead atoms. The fourth-order valence-electron chi connectivity index (χ4n) is 2.17. The van der Waals surface area contributed by atoms with Gasteiger partial charge in [-0.15, -0.1) is 11.3 Å². The van der Waals surface area contributed by atoms with E-state index in [9.17, 15) is 14.4 Å². The van der Waals surface area contributed by atoms with Crippen molar-refractivity contribution in [2.45, 2.75) is 0 Å². The molecular weight excluding hydrogens is 338 g/mol. The van der Waals surface area contributed by atoms with Crippen LogP contribution in [0, 0.1) is 0 Å². The Kier molecular flexibility index (Phi) is 4.76. The summed E-state index contributed by atoms with van der Waals surface area (Å²) >= 11 is 1.35. The SMILES string of the molecule is Cn1ccc(C(=O)Nc2cccc(NC(=O)c3cccs3)c2)cc1=O. The zero-order chi connectivity index (χ0) is 17.8. The van der Waals surface area contributed by atoms with Crippen LogP contribution >= 0.6 is 11.3 Å². The van der Waals surface area contributed by atoms with Crippen molar-refractivity contribution in [3.8, 4) is 0 Å². The van der Waals surface area contributed by atoms with Crippen LogP contribution in [0.1, 0.15) is 20.0 Å². The average Bonchev–Trinajstić information content (AvgIpc) is 3.12. The number of rotatable bonds is 4. The van der Waals surface area contributed by atoms with Crippen molar-refractivity contribution in [2.75, 3.05) is 10.6 Å². The summed E-state index contributed by atoms with van der Waals surface area (Å²) in [4.78, 5) is 36.6. The highest BCUT2D eigenvalue weighted by Gasteiger charge is 2.10. The number of carbonyl (C=O) groups is 2. The zero-order valence-electron chi connectivity index (χ0n) is 13.4. The summed E-state index contributed by atoms with van der Waals surface area (Å²) in [5, 5.41) is 7.33. The Morgan fingerprint density at radius 1 is 0.960 bits per heavy atom. The maximum Gasteiger partial charge on any atom is 0.265 e. The summed E-state index contributed by atoms with van der Waals surface area (Å²) < 4.78 is 1.39. The third-order valence-corrected chi connectivity index (χ3v) is 4.36. The fraction of sp³-hybridized carbons (Fsp3) is 0.0556. The molecule has 2 N–H and O–H groups in total. The van der Waals surface area contributed by atoms with E-state index < -0.39 is 0 Å². The van der Waals surface area contributed by atoms with E-state index >= 15 is 0 Å². The number of hydrogen-bond acceptors (Lipinski definition) is 4. The molecule has 2 aromatic heterocycles. The zero-order valence-corrected chi connectivity index (χ0v) is 14.2. The second-order valence-electron chi connectivity index (χ2n) is 5.33. The minimum Gasteiger partial charge on any atom is -0.322 e. The Morgan fingerprint density at radius 2 is 1.68 bits per heavy atom. The molecule has 0 fully saturated rings. The lowest BCUT2D eigenvalue weighted by Gasteiger charge is -2.09. The van der Waals surface area contributed by atoms with Crippen LogP contribution in [0.2, 0.25) is 0 Å². The summed E-state index contributed by atoms with van der Waals surface area (Å²) in [6, 6.07) is 13.2. The monoisotopic (exact) mass is 353 g/mol. The van der Waals surface area contributed by atoms with Crippen molar-refractivity contribution >= 4 is 34.5 Å². The van der Waals surface area contributed by atoms with Gasteiger partial charge in [0.05, 0.1) is 4.88 Å². The highest BCUT2D eigenvalue weighted by Crippen LogP contribution is 2.18. The van der Waals surface area contributed by atoms with Gasteiger partial charge < -0.3 is 15.2 Å². The quantitative estimate of drug-likeness (QED) is 0.757. The molecule has 0 saturated carbocycles. The molecule has 6 nitrogen and oxygen atoms in total. The van der Waals surface area contributed by atoms with Crippen molar-refractivity contribution in [2.24, 2.45) is 7.05 Å². The van der Waals surface area contributed by atoms with Crippen LogP contribution in [0.4, 0.5) is 11.4 Å². The van der Waals surface area contributed by atoms with Crippen LogP contribution < -0.4 is 16.2 Å². The van der Waals surface area contributed by atoms with Gasteiger partial charge in [0.15, 0.2) is 0 Å². The maximum absolute atomic E-state index is 12.3. The highest BCUT2D eigenvalue weighted by molar-refractivity contribution is 7.12. The third-order valence-electron chi connectivity index (χ3n) is 3.49. The van der Waals surface area contributed by atoms with E-state index in [-0.39, 0.29) is 22.9 Å². The molecule has 0 unspecified atom stereocenters. The van der Waals surface area contributed by atoms with Crippen LogP contribution in [-0.2, 0) is 7.05 Å². The molecule has 0 aliphatic rings. The molecule has 3 aromatic rings. The van der Waals surface area contributed by atoms with E-state index in [0.717, 1.165) is 0 Å². The first kappa shape index (κ1) is 16.7. The Balaban J connectivity index is 1.73. The summed E-state index contributed by atoms with van der Waals surface area (Å²) in [6.45, 7) is 0. The second-order valence-corrected chi connectivity index (χ2v) is 6.28. The molecule has 0 atom stereocenters. The largest absolute Gasteiger partial charge is 0.322 e. The van der Waals surface area contributed by atoms with Crippen LogP contribution in [0.5, 0.6) is 0 Å². The van der Waals surface area contributed by atoms with Gasteiger partial charge in [-0.1, -0.05) is 12.1 Å². The first-order valence-electron chi connectivity index (χ1n) is 7.46. The van der Waals surface area contributed by atoms with Gasteiger partial charge in [-0.3, -0.25) is 14.4 Å². The highest BCUT2D eigenvalue weighted by atomic mass is 32.1. The number of nitrogens with one attached hydrogen (secondary N) is 2. The van der Waals surface area contributed by atoms with Crippen LogP contribution in [0.3, 0.4) is 0 Å². The number of aryl methyl sites for hydroxylation is 1. The predicted molar refractivity (Wildman–Crippen MR) is 98.4 cm³/mol. The minimum atomic E-state index is -0.389. The van der Waals surface area contributed by atoms with Crippen molar-refractivity contribution in [1.82, 2.24) is 4.57 Å². The molecule has 0 radical (unpaired) electrons. The summed E-state index contributed by atoms with van der Waals surface area (Å²) in [5.74, 6) is -0.593. The molecule has 0 aliphatic heterocycles. The Bertz CT molecular complexity index is 977. The van der Waals surface area contributed by atoms with Crippen LogP contribution in [0.25, 0.3) is 0 Å². The Morgan fingerprint density at radius 3 is 2.32 bits per heavy atom. The molecule has 2 amide bonds. The van der Waals surface area contributed by atoms with Crippen LogP contribution in [-0.4, -0.2) is 16.4 Å². The molecule has 25 heavy (non-hydrogen) atoms. The molecule has 1 aromatic carbocycles. The summed E-state index contributed by atoms with van der Waals surface area (Å²) in [5.41, 5.74) is 1.11. The van der Waals surface area contributed by atoms with Gasteiger partial charge in [-0.2, -0.15) is 0 Å². The van der Waals surface area contributed by atoms with Gasteiger partial charge in [0.2, 0.25) is 0 Å². The second kappa shape index (κ2) is 7.14. The molecule has 3 rings (SSSR count). The number of carbonyl (C=O) groups excluding carboxylic acids is 2. The van der Waals surface area contributed by atoms with Crippen molar-refractivity contribution < 1.29 is 9.59 Å². The average molecular weight is 353 g/mol. The molecular formula is C18H15N3O3S. The van der Waals surface area contributed by atoms with Gasteiger partial charge in [-0.05, 0) is 35.7 Å². The molecule has 0 saturated heterocycles. The smallest absolute Gasteiger partial charge is 0.265 e. The van der Waals surface area contributed by atoms with E-state index in [0.29, 0.717) is 16.3 Å². The topological polar surface area (TPSA) is 80.2 Å². The van der Waals surface area contributed by atoms with E-state index in [1.54, 1.807) is 49.5 Å². The Hall–Kier alpha value is -3.19. The maximum atomic E-state index is 12.3. The van der Waals surface area contributed by atoms with E-state index in [1.807, 2.05) is 5.38 Å². The Labute approximate surface area is 147 Å². The first-order chi connectivity index (χ1) is 12.0. The minimum absolute atomic E-state index is 0.204. The lowest BCUT2D eigenvalue weighted by molar-refractivity contribution is 0.102. The number of aromatic nitrogens is 1. The summed E-state index contributed by atoms with van der Waals surface area (Å²) in [6.07, 6.45) is 1.54. The van der Waals surface area contributed by atoms with Gasteiger partial charge in [-0.25, -0.2) is 0 Å². The normalized spacial score (nSPS) is 10.3. The number of anilines is 2. The summed E-state index contributed by atoms with van der Waals surface area (Å²) in [7, 11) is 1.61. The molecule has 126 valence electrons. The van der Waals surface area contributed by atoms with Crippen molar-refractivity contribution in [3.05, 3.63) is 80.9 Å². The lowest BCUT2D eigenvalue weighted by atomic mass is 10.2.